The molecule has 0 aliphatic carbocycles. The average molecular weight is 319 g/mol. The standard InChI is InChI=1S/C16H21N3O4/c1-20-12-4-3-11(9-13(12)21-2)14-18-15(23-19-14)16(10-17)5-7-22-8-6-16/h3-4,9H,5-8,10,17H2,1-2H3. The maximum Gasteiger partial charge on any atom is 0.234 e. The molecule has 1 fully saturated rings. The lowest BCUT2D eigenvalue weighted by molar-refractivity contribution is 0.0409. The summed E-state index contributed by atoms with van der Waals surface area (Å²) in [5.74, 6) is 2.37. The predicted octanol–water partition coefficient (Wildman–Crippen LogP) is 1.76. The molecule has 0 bridgehead atoms. The van der Waals surface area contributed by atoms with Gasteiger partial charge in [-0.3, -0.25) is 0 Å². The number of aromatic nitrogens is 2. The summed E-state index contributed by atoms with van der Waals surface area (Å²) >= 11 is 0. The quantitative estimate of drug-likeness (QED) is 0.897. The van der Waals surface area contributed by atoms with Crippen molar-refractivity contribution in [1.82, 2.24) is 10.1 Å². The van der Waals surface area contributed by atoms with E-state index in [0.717, 1.165) is 18.4 Å². The van der Waals surface area contributed by atoms with Crippen LogP contribution in [0.5, 0.6) is 11.5 Å². The lowest BCUT2D eigenvalue weighted by Crippen LogP contribution is -2.40. The van der Waals surface area contributed by atoms with Crippen molar-refractivity contribution in [3.63, 3.8) is 0 Å². The van der Waals surface area contributed by atoms with Crippen LogP contribution in [0.25, 0.3) is 11.4 Å². The molecular formula is C16H21N3O4. The zero-order valence-corrected chi connectivity index (χ0v) is 13.4. The van der Waals surface area contributed by atoms with Crippen molar-refractivity contribution in [3.8, 4) is 22.9 Å². The van der Waals surface area contributed by atoms with E-state index >= 15 is 0 Å². The lowest BCUT2D eigenvalue weighted by Gasteiger charge is -2.32. The Hall–Kier alpha value is -2.12. The van der Waals surface area contributed by atoms with Crippen molar-refractivity contribution in [2.75, 3.05) is 34.0 Å². The highest BCUT2D eigenvalue weighted by atomic mass is 16.5. The van der Waals surface area contributed by atoms with E-state index in [-0.39, 0.29) is 5.41 Å². The molecule has 7 nitrogen and oxygen atoms in total. The van der Waals surface area contributed by atoms with Gasteiger partial charge in [-0.1, -0.05) is 5.16 Å². The number of nitrogens with two attached hydrogens (primary N) is 1. The number of hydrogen-bond acceptors (Lipinski definition) is 7. The summed E-state index contributed by atoms with van der Waals surface area (Å²) in [5, 5.41) is 4.11. The summed E-state index contributed by atoms with van der Waals surface area (Å²) in [7, 11) is 3.19. The van der Waals surface area contributed by atoms with E-state index in [0.29, 0.717) is 43.0 Å². The van der Waals surface area contributed by atoms with Gasteiger partial charge < -0.3 is 24.5 Å². The van der Waals surface area contributed by atoms with Gasteiger partial charge in [-0.05, 0) is 31.0 Å². The second-order valence-corrected chi connectivity index (χ2v) is 5.59. The van der Waals surface area contributed by atoms with Crippen molar-refractivity contribution in [2.24, 2.45) is 5.73 Å². The van der Waals surface area contributed by atoms with Gasteiger partial charge in [0.25, 0.3) is 0 Å². The Morgan fingerprint density at radius 2 is 1.91 bits per heavy atom. The summed E-state index contributed by atoms with van der Waals surface area (Å²) in [6.45, 7) is 1.78. The van der Waals surface area contributed by atoms with Gasteiger partial charge in [0.05, 0.1) is 19.6 Å². The normalized spacial score (nSPS) is 17.0. The van der Waals surface area contributed by atoms with E-state index in [1.165, 1.54) is 0 Å². The summed E-state index contributed by atoms with van der Waals surface area (Å²) in [4.78, 5) is 4.57. The minimum Gasteiger partial charge on any atom is -0.493 e. The molecule has 0 spiro atoms. The molecular weight excluding hydrogens is 298 g/mol. The van der Waals surface area contributed by atoms with Crippen LogP contribution in [0, 0.1) is 0 Å². The monoisotopic (exact) mass is 319 g/mol. The van der Waals surface area contributed by atoms with Crippen molar-refractivity contribution in [2.45, 2.75) is 18.3 Å². The van der Waals surface area contributed by atoms with Crippen molar-refractivity contribution < 1.29 is 18.7 Å². The fraction of sp³-hybridized carbons (Fsp3) is 0.500. The highest BCUT2D eigenvalue weighted by molar-refractivity contribution is 5.60. The second kappa shape index (κ2) is 6.55. The van der Waals surface area contributed by atoms with Crippen molar-refractivity contribution in [1.29, 1.82) is 0 Å². The summed E-state index contributed by atoms with van der Waals surface area (Å²) in [5.41, 5.74) is 6.49. The number of nitrogens with zero attached hydrogens (tertiary/aromatic N) is 2. The van der Waals surface area contributed by atoms with Gasteiger partial charge in [0.2, 0.25) is 11.7 Å². The third-order valence-electron chi connectivity index (χ3n) is 4.36. The van der Waals surface area contributed by atoms with Crippen molar-refractivity contribution in [3.05, 3.63) is 24.1 Å². The van der Waals surface area contributed by atoms with Gasteiger partial charge in [0.1, 0.15) is 0 Å². The first-order valence-corrected chi connectivity index (χ1v) is 7.57. The molecule has 2 aromatic rings. The van der Waals surface area contributed by atoms with Crippen molar-refractivity contribution >= 4 is 0 Å². The molecule has 7 heteroatoms. The number of methoxy groups -OCH3 is 2. The van der Waals surface area contributed by atoms with Gasteiger partial charge in [0.15, 0.2) is 11.5 Å². The Bertz CT molecular complexity index is 665. The largest absolute Gasteiger partial charge is 0.493 e. The summed E-state index contributed by atoms with van der Waals surface area (Å²) in [6, 6.07) is 5.51. The Labute approximate surface area is 134 Å². The van der Waals surface area contributed by atoms with Gasteiger partial charge in [-0.2, -0.15) is 4.98 Å². The van der Waals surface area contributed by atoms with Crippen LogP contribution in [0.15, 0.2) is 22.7 Å². The van der Waals surface area contributed by atoms with Crippen LogP contribution in [-0.4, -0.2) is 44.1 Å². The maximum atomic E-state index is 5.98. The zero-order chi connectivity index (χ0) is 16.3. The van der Waals surface area contributed by atoms with E-state index in [9.17, 15) is 0 Å². The molecule has 0 atom stereocenters. The molecule has 0 radical (unpaired) electrons. The number of rotatable bonds is 5. The van der Waals surface area contributed by atoms with Crippen LogP contribution in [0.1, 0.15) is 18.7 Å². The van der Waals surface area contributed by atoms with Crippen LogP contribution in [-0.2, 0) is 10.2 Å². The Morgan fingerprint density at radius 3 is 2.57 bits per heavy atom. The predicted molar refractivity (Wildman–Crippen MR) is 83.6 cm³/mol. The number of benzene rings is 1. The van der Waals surface area contributed by atoms with Gasteiger partial charge >= 0.3 is 0 Å². The SMILES string of the molecule is COc1ccc(-c2noc(C3(CN)CCOCC3)n2)cc1OC. The maximum absolute atomic E-state index is 5.98. The molecule has 1 aromatic carbocycles. The van der Waals surface area contributed by atoms with Crippen LogP contribution in [0.2, 0.25) is 0 Å². The van der Waals surface area contributed by atoms with E-state index in [4.69, 9.17) is 24.5 Å². The molecule has 1 saturated heterocycles. The van der Waals surface area contributed by atoms with E-state index in [1.54, 1.807) is 14.2 Å². The topological polar surface area (TPSA) is 92.6 Å². The minimum absolute atomic E-state index is 0.292. The Balaban J connectivity index is 1.92. The summed E-state index contributed by atoms with van der Waals surface area (Å²) < 4.78 is 21.5. The van der Waals surface area contributed by atoms with Crippen LogP contribution in [0.4, 0.5) is 0 Å². The fourth-order valence-corrected chi connectivity index (χ4v) is 2.80. The first kappa shape index (κ1) is 15.8. The van der Waals surface area contributed by atoms with E-state index < -0.39 is 0 Å². The summed E-state index contributed by atoms with van der Waals surface area (Å²) in [6.07, 6.45) is 1.58. The molecule has 2 heterocycles. The van der Waals surface area contributed by atoms with Gasteiger partial charge in [-0.25, -0.2) is 0 Å². The van der Waals surface area contributed by atoms with Gasteiger partial charge in [0, 0.05) is 25.3 Å². The van der Waals surface area contributed by atoms with Crippen LogP contribution in [0.3, 0.4) is 0 Å². The van der Waals surface area contributed by atoms with Gasteiger partial charge in [-0.15, -0.1) is 0 Å². The molecule has 3 rings (SSSR count). The first-order valence-electron chi connectivity index (χ1n) is 7.57. The molecule has 1 aliphatic heterocycles. The molecule has 0 saturated carbocycles. The molecule has 1 aliphatic rings. The average Bonchev–Trinajstić information content (AvgIpc) is 3.12. The molecule has 23 heavy (non-hydrogen) atoms. The molecule has 124 valence electrons. The smallest absolute Gasteiger partial charge is 0.234 e. The van der Waals surface area contributed by atoms with Crippen LogP contribution >= 0.6 is 0 Å². The number of ether oxygens (including phenoxy) is 3. The Kier molecular flexibility index (Phi) is 4.49. The molecule has 1 aromatic heterocycles. The third-order valence-corrected chi connectivity index (χ3v) is 4.36. The number of hydrogen-bond donors (Lipinski definition) is 1. The first-order chi connectivity index (χ1) is 11.2. The highest BCUT2D eigenvalue weighted by Crippen LogP contribution is 2.35. The minimum atomic E-state index is -0.292. The van der Waals surface area contributed by atoms with E-state index in [2.05, 4.69) is 10.1 Å². The van der Waals surface area contributed by atoms with E-state index in [1.807, 2.05) is 18.2 Å². The molecule has 0 amide bonds. The molecule has 2 N–H and O–H groups in total. The zero-order valence-electron chi connectivity index (χ0n) is 13.4. The third kappa shape index (κ3) is 2.89. The lowest BCUT2D eigenvalue weighted by atomic mass is 9.80. The second-order valence-electron chi connectivity index (χ2n) is 5.59. The molecule has 0 unspecified atom stereocenters. The fourth-order valence-electron chi connectivity index (χ4n) is 2.80. The highest BCUT2D eigenvalue weighted by Gasteiger charge is 2.38. The Morgan fingerprint density at radius 1 is 1.17 bits per heavy atom. The van der Waals surface area contributed by atoms with Crippen LogP contribution < -0.4 is 15.2 Å².